The molecule has 0 aliphatic rings. The van der Waals surface area contributed by atoms with E-state index in [9.17, 15) is 22.0 Å². The number of para-hydroxylation sites is 1. The van der Waals surface area contributed by atoms with E-state index in [0.717, 1.165) is 30.2 Å². The third kappa shape index (κ3) is 7.76. The van der Waals surface area contributed by atoms with Crippen LogP contribution in [0.4, 0.5) is 8.78 Å². The molecule has 0 bridgehead atoms. The molecule has 3 rings (SSSR count). The van der Waals surface area contributed by atoms with Crippen LogP contribution in [0.1, 0.15) is 31.2 Å². The summed E-state index contributed by atoms with van der Waals surface area (Å²) in [5.41, 5.74) is 2.59. The first-order chi connectivity index (χ1) is 17.3. The molecule has 0 fully saturated rings. The Balaban J connectivity index is 1.84. The third-order valence-corrected chi connectivity index (χ3v) is 7.68. The number of nitrogens with one attached hydrogen (secondary N) is 1. The lowest BCUT2D eigenvalue weighted by Crippen LogP contribution is -2.30. The highest BCUT2D eigenvalue weighted by Crippen LogP contribution is 2.36. The van der Waals surface area contributed by atoms with Gasteiger partial charge in [0.25, 0.3) is 0 Å². The second-order valence-corrected chi connectivity index (χ2v) is 10.3. The molecule has 0 aromatic heterocycles. The molecule has 0 saturated heterocycles. The Kier molecular flexibility index (Phi) is 9.77. The number of carbonyl (C=O) groups is 1. The molecule has 0 radical (unpaired) electrons. The van der Waals surface area contributed by atoms with Crippen LogP contribution in [0.25, 0.3) is 0 Å². The van der Waals surface area contributed by atoms with Crippen molar-refractivity contribution in [2.24, 2.45) is 0 Å². The highest BCUT2D eigenvalue weighted by atomic mass is 32.2. The average molecular weight is 520 g/mol. The van der Waals surface area contributed by atoms with Gasteiger partial charge in [-0.2, -0.15) is 8.78 Å². The smallest absolute Gasteiger partial charge is 0.387 e. The molecule has 36 heavy (non-hydrogen) atoms. The SMILES string of the molecule is O=C(CC(CCCCc1ccccc1)S(=O)(=O)c1ccc(OC(F)F)c(Oc2ccccc2)c1)NO. The lowest BCUT2D eigenvalue weighted by atomic mass is 10.1. The Hall–Kier alpha value is -3.50. The van der Waals surface area contributed by atoms with E-state index in [4.69, 9.17) is 9.94 Å². The van der Waals surface area contributed by atoms with Gasteiger partial charge in [-0.05, 0) is 49.1 Å². The molecule has 0 aliphatic heterocycles. The van der Waals surface area contributed by atoms with E-state index in [1.165, 1.54) is 5.48 Å². The molecule has 7 nitrogen and oxygen atoms in total. The fourth-order valence-electron chi connectivity index (χ4n) is 3.71. The largest absolute Gasteiger partial charge is 0.453 e. The number of amides is 1. The first-order valence-corrected chi connectivity index (χ1v) is 12.9. The van der Waals surface area contributed by atoms with E-state index >= 15 is 0 Å². The number of rotatable bonds is 13. The average Bonchev–Trinajstić information content (AvgIpc) is 2.87. The van der Waals surface area contributed by atoms with Gasteiger partial charge in [0, 0.05) is 12.5 Å². The zero-order valence-corrected chi connectivity index (χ0v) is 20.2. The molecule has 1 amide bonds. The van der Waals surface area contributed by atoms with Crippen molar-refractivity contribution < 1.29 is 36.7 Å². The molecule has 1 unspecified atom stereocenters. The van der Waals surface area contributed by atoms with Gasteiger partial charge in [-0.1, -0.05) is 55.0 Å². The number of ether oxygens (including phenoxy) is 2. The van der Waals surface area contributed by atoms with E-state index in [-0.39, 0.29) is 22.8 Å². The molecule has 192 valence electrons. The number of halogens is 2. The van der Waals surface area contributed by atoms with Crippen LogP contribution in [-0.4, -0.2) is 31.4 Å². The van der Waals surface area contributed by atoms with Crippen LogP contribution in [0.3, 0.4) is 0 Å². The second kappa shape index (κ2) is 13.0. The maximum atomic E-state index is 13.5. The van der Waals surface area contributed by atoms with Crippen molar-refractivity contribution in [3.63, 3.8) is 0 Å². The summed E-state index contributed by atoms with van der Waals surface area (Å²) in [5.74, 6) is -1.09. The first-order valence-electron chi connectivity index (χ1n) is 11.3. The minimum absolute atomic E-state index is 0.159. The van der Waals surface area contributed by atoms with Crippen LogP contribution in [0.15, 0.2) is 83.8 Å². The van der Waals surface area contributed by atoms with Gasteiger partial charge < -0.3 is 9.47 Å². The summed E-state index contributed by atoms with van der Waals surface area (Å²) in [5, 5.41) is 7.82. The zero-order valence-electron chi connectivity index (χ0n) is 19.3. The summed E-state index contributed by atoms with van der Waals surface area (Å²) in [4.78, 5) is 11.7. The number of benzene rings is 3. The molecule has 10 heteroatoms. The minimum Gasteiger partial charge on any atom is -0.453 e. The van der Waals surface area contributed by atoms with E-state index in [1.54, 1.807) is 30.3 Å². The molecule has 0 aliphatic carbocycles. The van der Waals surface area contributed by atoms with E-state index in [1.807, 2.05) is 30.3 Å². The topological polar surface area (TPSA) is 102 Å². The number of unbranched alkanes of at least 4 members (excludes halogenated alkanes) is 1. The number of hydrogen-bond donors (Lipinski definition) is 2. The quantitative estimate of drug-likeness (QED) is 0.175. The van der Waals surface area contributed by atoms with E-state index < -0.39 is 34.0 Å². The summed E-state index contributed by atoms with van der Waals surface area (Å²) in [7, 11) is -4.11. The van der Waals surface area contributed by atoms with Crippen molar-refractivity contribution in [2.75, 3.05) is 0 Å². The summed E-state index contributed by atoms with van der Waals surface area (Å²) >= 11 is 0. The molecule has 3 aromatic carbocycles. The lowest BCUT2D eigenvalue weighted by molar-refractivity contribution is -0.129. The van der Waals surface area contributed by atoms with Crippen molar-refractivity contribution in [3.05, 3.63) is 84.4 Å². The normalized spacial score (nSPS) is 12.2. The predicted octanol–water partition coefficient (Wildman–Crippen LogP) is 5.53. The van der Waals surface area contributed by atoms with Crippen molar-refractivity contribution in [2.45, 2.75) is 48.9 Å². The maximum Gasteiger partial charge on any atom is 0.387 e. The molecule has 0 spiro atoms. The Morgan fingerprint density at radius 1 is 0.917 bits per heavy atom. The molecule has 3 aromatic rings. The van der Waals surface area contributed by atoms with E-state index in [0.29, 0.717) is 18.6 Å². The van der Waals surface area contributed by atoms with Crippen LogP contribution >= 0.6 is 0 Å². The van der Waals surface area contributed by atoms with Crippen molar-refractivity contribution >= 4 is 15.7 Å². The fourth-order valence-corrected chi connectivity index (χ4v) is 5.47. The van der Waals surface area contributed by atoms with Crippen LogP contribution in [0, 0.1) is 0 Å². The van der Waals surface area contributed by atoms with Crippen LogP contribution in [-0.2, 0) is 21.1 Å². The maximum absolute atomic E-state index is 13.5. The van der Waals surface area contributed by atoms with Crippen molar-refractivity contribution in [1.82, 2.24) is 5.48 Å². The fraction of sp³-hybridized carbons (Fsp3) is 0.269. The summed E-state index contributed by atoms with van der Waals surface area (Å²) < 4.78 is 62.9. The predicted molar refractivity (Wildman–Crippen MR) is 129 cm³/mol. The Morgan fingerprint density at radius 2 is 1.58 bits per heavy atom. The van der Waals surface area contributed by atoms with Gasteiger partial charge in [-0.25, -0.2) is 13.9 Å². The van der Waals surface area contributed by atoms with Crippen molar-refractivity contribution in [1.29, 1.82) is 0 Å². The monoisotopic (exact) mass is 519 g/mol. The second-order valence-electron chi connectivity index (χ2n) is 8.04. The highest BCUT2D eigenvalue weighted by molar-refractivity contribution is 7.92. The minimum atomic E-state index is -4.11. The van der Waals surface area contributed by atoms with Gasteiger partial charge in [0.15, 0.2) is 21.3 Å². The highest BCUT2D eigenvalue weighted by Gasteiger charge is 2.30. The van der Waals surface area contributed by atoms with Gasteiger partial charge in [-0.3, -0.25) is 10.0 Å². The number of alkyl halides is 2. The Labute approximate surface area is 208 Å². The number of aryl methyl sites for hydroxylation is 1. The molecular weight excluding hydrogens is 492 g/mol. The molecular formula is C26H27F2NO6S. The van der Waals surface area contributed by atoms with Gasteiger partial charge >= 0.3 is 6.61 Å². The van der Waals surface area contributed by atoms with Crippen LogP contribution in [0.5, 0.6) is 17.2 Å². The van der Waals surface area contributed by atoms with Gasteiger partial charge in [0.2, 0.25) is 5.91 Å². The van der Waals surface area contributed by atoms with Crippen LogP contribution < -0.4 is 15.0 Å². The Morgan fingerprint density at radius 3 is 2.22 bits per heavy atom. The lowest BCUT2D eigenvalue weighted by Gasteiger charge is -2.19. The van der Waals surface area contributed by atoms with Gasteiger partial charge in [0.1, 0.15) is 5.75 Å². The molecule has 0 heterocycles. The number of carbonyl (C=O) groups excluding carboxylic acids is 1. The van der Waals surface area contributed by atoms with E-state index in [2.05, 4.69) is 4.74 Å². The molecule has 2 N–H and O–H groups in total. The summed E-state index contributed by atoms with van der Waals surface area (Å²) in [6.07, 6.45) is 1.65. The third-order valence-electron chi connectivity index (χ3n) is 5.49. The summed E-state index contributed by atoms with van der Waals surface area (Å²) in [6, 6.07) is 21.3. The molecule has 0 saturated carbocycles. The van der Waals surface area contributed by atoms with Gasteiger partial charge in [-0.15, -0.1) is 0 Å². The van der Waals surface area contributed by atoms with Gasteiger partial charge in [0.05, 0.1) is 10.1 Å². The Bertz CT molecular complexity index is 1220. The first kappa shape index (κ1) is 27.1. The summed E-state index contributed by atoms with van der Waals surface area (Å²) in [6.45, 7) is -3.14. The number of hydroxylamine groups is 1. The molecule has 1 atom stereocenters. The van der Waals surface area contributed by atoms with Crippen LogP contribution in [0.2, 0.25) is 0 Å². The zero-order chi connectivity index (χ0) is 26.0. The number of hydrogen-bond acceptors (Lipinski definition) is 6. The van der Waals surface area contributed by atoms with Crippen molar-refractivity contribution in [3.8, 4) is 17.2 Å². The standard InChI is InChI=1S/C26H27F2NO6S/c27-26(28)35-23-16-15-22(17-24(23)34-20-12-5-2-6-13-20)36(32,33)21(18-25(30)29-31)14-8-7-11-19-9-3-1-4-10-19/h1-6,9-10,12-13,15-17,21,26,31H,7-8,11,14,18H2,(H,29,30). The number of sulfone groups is 1.